The Labute approximate surface area is 115 Å². The molecule has 1 fully saturated rings. The molecule has 1 aliphatic heterocycles. The Kier molecular flexibility index (Phi) is 3.61. The molecule has 2 aromatic rings. The summed E-state index contributed by atoms with van der Waals surface area (Å²) in [6, 6.07) is 5.90. The van der Waals surface area contributed by atoms with Crippen molar-refractivity contribution in [3.63, 3.8) is 0 Å². The summed E-state index contributed by atoms with van der Waals surface area (Å²) in [4.78, 5) is 12.1. The molecule has 0 radical (unpaired) electrons. The number of ether oxygens (including phenoxy) is 2. The van der Waals surface area contributed by atoms with Gasteiger partial charge in [-0.2, -0.15) is 4.98 Å². The van der Waals surface area contributed by atoms with Crippen molar-refractivity contribution in [3.8, 4) is 5.88 Å². The molecule has 3 heterocycles. The predicted octanol–water partition coefficient (Wildman–Crippen LogP) is 2.12. The molecule has 0 aromatic carbocycles. The van der Waals surface area contributed by atoms with Gasteiger partial charge in [-0.25, -0.2) is 4.98 Å². The van der Waals surface area contributed by atoms with E-state index in [2.05, 4.69) is 26.3 Å². The summed E-state index contributed by atoms with van der Waals surface area (Å²) < 4.78 is 11.0. The monoisotopic (exact) mass is 277 g/mol. The topological polar surface area (TPSA) is 47.5 Å². The van der Waals surface area contributed by atoms with E-state index in [-0.39, 0.29) is 6.10 Å². The third kappa shape index (κ3) is 2.69. The molecule has 0 amide bonds. The Bertz CT molecular complexity index is 532. The SMILES string of the molecule is COc1ccnc(N2CCOC(c3cccs3)C2)n1. The Morgan fingerprint density at radius 3 is 3.21 bits per heavy atom. The second-order valence-electron chi connectivity index (χ2n) is 4.22. The van der Waals surface area contributed by atoms with E-state index in [1.165, 1.54) is 4.88 Å². The molecule has 1 unspecified atom stereocenters. The van der Waals surface area contributed by atoms with Crippen molar-refractivity contribution in [1.82, 2.24) is 9.97 Å². The average Bonchev–Trinajstić information content (AvgIpc) is 3.02. The first-order chi connectivity index (χ1) is 9.36. The molecule has 1 atom stereocenters. The Balaban J connectivity index is 1.77. The molecule has 1 saturated heterocycles. The van der Waals surface area contributed by atoms with Crippen LogP contribution < -0.4 is 9.64 Å². The third-order valence-electron chi connectivity index (χ3n) is 3.04. The van der Waals surface area contributed by atoms with Gasteiger partial charge in [0.1, 0.15) is 6.10 Å². The van der Waals surface area contributed by atoms with Crippen LogP contribution in [-0.4, -0.2) is 36.8 Å². The zero-order chi connectivity index (χ0) is 13.1. The van der Waals surface area contributed by atoms with E-state index in [0.29, 0.717) is 18.4 Å². The van der Waals surface area contributed by atoms with E-state index in [9.17, 15) is 0 Å². The van der Waals surface area contributed by atoms with Crippen LogP contribution in [0, 0.1) is 0 Å². The summed E-state index contributed by atoms with van der Waals surface area (Å²) in [6.07, 6.45) is 1.82. The number of aromatic nitrogens is 2. The highest BCUT2D eigenvalue weighted by molar-refractivity contribution is 7.10. The smallest absolute Gasteiger partial charge is 0.228 e. The lowest BCUT2D eigenvalue weighted by Gasteiger charge is -2.32. The predicted molar refractivity (Wildman–Crippen MR) is 73.8 cm³/mol. The quantitative estimate of drug-likeness (QED) is 0.860. The summed E-state index contributed by atoms with van der Waals surface area (Å²) in [6.45, 7) is 2.26. The van der Waals surface area contributed by atoms with Gasteiger partial charge in [0, 0.05) is 23.7 Å². The van der Waals surface area contributed by atoms with Crippen molar-refractivity contribution >= 4 is 17.3 Å². The lowest BCUT2D eigenvalue weighted by molar-refractivity contribution is 0.0415. The summed E-state index contributed by atoms with van der Waals surface area (Å²) in [5.74, 6) is 1.29. The second kappa shape index (κ2) is 5.54. The van der Waals surface area contributed by atoms with Gasteiger partial charge in [0.2, 0.25) is 11.8 Å². The summed E-state index contributed by atoms with van der Waals surface area (Å²) in [5, 5.41) is 2.07. The summed E-state index contributed by atoms with van der Waals surface area (Å²) >= 11 is 1.72. The van der Waals surface area contributed by atoms with Crippen molar-refractivity contribution in [2.45, 2.75) is 6.10 Å². The minimum Gasteiger partial charge on any atom is -0.481 e. The molecule has 0 spiro atoms. The van der Waals surface area contributed by atoms with Gasteiger partial charge in [0.05, 0.1) is 20.3 Å². The number of morpholine rings is 1. The van der Waals surface area contributed by atoms with Gasteiger partial charge in [-0.1, -0.05) is 6.07 Å². The Morgan fingerprint density at radius 1 is 1.47 bits per heavy atom. The fraction of sp³-hybridized carbons (Fsp3) is 0.385. The highest BCUT2D eigenvalue weighted by Gasteiger charge is 2.24. The Morgan fingerprint density at radius 2 is 2.42 bits per heavy atom. The fourth-order valence-corrected chi connectivity index (χ4v) is 2.84. The lowest BCUT2D eigenvalue weighted by Crippen LogP contribution is -2.39. The molecule has 6 heteroatoms. The number of rotatable bonds is 3. The van der Waals surface area contributed by atoms with Gasteiger partial charge >= 0.3 is 0 Å². The van der Waals surface area contributed by atoms with E-state index < -0.39 is 0 Å². The maximum Gasteiger partial charge on any atom is 0.228 e. The summed E-state index contributed by atoms with van der Waals surface area (Å²) in [5.41, 5.74) is 0. The van der Waals surface area contributed by atoms with Crippen LogP contribution in [0.15, 0.2) is 29.8 Å². The molecule has 0 N–H and O–H groups in total. The molecule has 100 valence electrons. The number of methoxy groups -OCH3 is 1. The molecule has 0 bridgehead atoms. The van der Waals surface area contributed by atoms with E-state index in [4.69, 9.17) is 9.47 Å². The highest BCUT2D eigenvalue weighted by Crippen LogP contribution is 2.27. The van der Waals surface area contributed by atoms with Crippen LogP contribution in [0.4, 0.5) is 5.95 Å². The van der Waals surface area contributed by atoms with Crippen LogP contribution in [0.2, 0.25) is 0 Å². The minimum atomic E-state index is 0.101. The molecular weight excluding hydrogens is 262 g/mol. The number of hydrogen-bond donors (Lipinski definition) is 0. The molecular formula is C13H15N3O2S. The first-order valence-corrected chi connectivity index (χ1v) is 7.02. The van der Waals surface area contributed by atoms with Gasteiger partial charge < -0.3 is 14.4 Å². The van der Waals surface area contributed by atoms with Crippen molar-refractivity contribution in [2.24, 2.45) is 0 Å². The molecule has 5 nitrogen and oxygen atoms in total. The van der Waals surface area contributed by atoms with Gasteiger partial charge in [0.25, 0.3) is 0 Å². The number of nitrogens with zero attached hydrogens (tertiary/aromatic N) is 3. The maximum atomic E-state index is 5.81. The van der Waals surface area contributed by atoms with Gasteiger partial charge in [-0.3, -0.25) is 0 Å². The number of hydrogen-bond acceptors (Lipinski definition) is 6. The van der Waals surface area contributed by atoms with Crippen molar-refractivity contribution in [1.29, 1.82) is 0 Å². The number of anilines is 1. The first kappa shape index (κ1) is 12.4. The fourth-order valence-electron chi connectivity index (χ4n) is 2.08. The van der Waals surface area contributed by atoms with Gasteiger partial charge in [0.15, 0.2) is 0 Å². The number of thiophene rings is 1. The van der Waals surface area contributed by atoms with Gasteiger partial charge in [-0.15, -0.1) is 11.3 Å². The summed E-state index contributed by atoms with van der Waals surface area (Å²) in [7, 11) is 1.61. The molecule has 0 aliphatic carbocycles. The molecule has 0 saturated carbocycles. The zero-order valence-electron chi connectivity index (χ0n) is 10.7. The normalized spacial score (nSPS) is 19.4. The minimum absolute atomic E-state index is 0.101. The van der Waals surface area contributed by atoms with Crippen LogP contribution in [0.5, 0.6) is 5.88 Å². The standard InChI is InChI=1S/C13H15N3O2S/c1-17-12-4-5-14-13(15-12)16-6-7-18-10(9-16)11-3-2-8-19-11/h2-5,8,10H,6-7,9H2,1H3. The van der Waals surface area contributed by atoms with Crippen LogP contribution in [0.25, 0.3) is 0 Å². The van der Waals surface area contributed by atoms with Crippen LogP contribution in [0.3, 0.4) is 0 Å². The van der Waals surface area contributed by atoms with Crippen LogP contribution in [0.1, 0.15) is 11.0 Å². The molecule has 1 aliphatic rings. The molecule has 19 heavy (non-hydrogen) atoms. The average molecular weight is 277 g/mol. The van der Waals surface area contributed by atoms with E-state index >= 15 is 0 Å². The van der Waals surface area contributed by atoms with Crippen LogP contribution >= 0.6 is 11.3 Å². The maximum absolute atomic E-state index is 5.81. The van der Waals surface area contributed by atoms with Crippen molar-refractivity contribution in [2.75, 3.05) is 31.7 Å². The van der Waals surface area contributed by atoms with E-state index in [1.54, 1.807) is 30.7 Å². The highest BCUT2D eigenvalue weighted by atomic mass is 32.1. The third-order valence-corrected chi connectivity index (χ3v) is 4.00. The Hall–Kier alpha value is -1.66. The molecule has 3 rings (SSSR count). The molecule has 2 aromatic heterocycles. The van der Waals surface area contributed by atoms with Crippen molar-refractivity contribution < 1.29 is 9.47 Å². The zero-order valence-corrected chi connectivity index (χ0v) is 11.5. The van der Waals surface area contributed by atoms with E-state index in [1.807, 2.05) is 6.07 Å². The lowest BCUT2D eigenvalue weighted by atomic mass is 10.2. The largest absolute Gasteiger partial charge is 0.481 e. The van der Waals surface area contributed by atoms with E-state index in [0.717, 1.165) is 13.1 Å². The second-order valence-corrected chi connectivity index (χ2v) is 5.20. The van der Waals surface area contributed by atoms with Gasteiger partial charge in [-0.05, 0) is 11.4 Å². The first-order valence-electron chi connectivity index (χ1n) is 6.14. The van der Waals surface area contributed by atoms with Crippen LogP contribution in [-0.2, 0) is 4.74 Å². The van der Waals surface area contributed by atoms with Crippen molar-refractivity contribution in [3.05, 3.63) is 34.7 Å².